The monoisotopic (exact) mass is 294 g/mol. The van der Waals surface area contributed by atoms with E-state index < -0.39 is 8.32 Å². The van der Waals surface area contributed by atoms with Crippen LogP contribution in [0.4, 0.5) is 0 Å². The zero-order valence-electron chi connectivity index (χ0n) is 13.9. The lowest BCUT2D eigenvalue weighted by Crippen LogP contribution is -2.47. The smallest absolute Gasteiger partial charge is 0.200 e. The third-order valence-corrected chi connectivity index (χ3v) is 10.6. The van der Waals surface area contributed by atoms with Crippen LogP contribution in [0.3, 0.4) is 0 Å². The van der Waals surface area contributed by atoms with Crippen molar-refractivity contribution in [2.75, 3.05) is 6.61 Å². The second-order valence-electron chi connectivity index (χ2n) is 6.65. The Balaban J connectivity index is 2.62. The van der Waals surface area contributed by atoms with Crippen LogP contribution in [0.2, 0.25) is 16.6 Å². The van der Waals surface area contributed by atoms with Crippen LogP contribution < -0.4 is 0 Å². The molecule has 2 nitrogen and oxygen atoms in total. The Morgan fingerprint density at radius 3 is 2.10 bits per heavy atom. The van der Waals surface area contributed by atoms with Gasteiger partial charge in [-0.1, -0.05) is 53.7 Å². The average Bonchev–Trinajstić information content (AvgIpc) is 2.73. The summed E-state index contributed by atoms with van der Waals surface area (Å²) in [5.74, 6) is 0.171. The minimum Gasteiger partial charge on any atom is -0.416 e. The Bertz CT molecular complexity index is 370. The van der Waals surface area contributed by atoms with Crippen molar-refractivity contribution in [1.82, 2.24) is 0 Å². The van der Waals surface area contributed by atoms with Crippen molar-refractivity contribution in [1.29, 1.82) is 0 Å². The predicted octanol–water partition coefficient (Wildman–Crippen LogP) is 5.02. The molecule has 3 heteroatoms. The largest absolute Gasteiger partial charge is 0.416 e. The van der Waals surface area contributed by atoms with Crippen LogP contribution in [0.5, 0.6) is 0 Å². The second-order valence-corrected chi connectivity index (χ2v) is 12.1. The standard InChI is InChI=1S/C17H30O2Si/c1-13(2)20(14(3)4,15(5)6)19-12-8-10-16-9-7-11-17(16)18/h7,10-11,13-15H,8-9,12H2,1-6H3/b16-10+. The maximum atomic E-state index is 11.5. The number of hydrogen-bond acceptors (Lipinski definition) is 2. The van der Waals surface area contributed by atoms with Crippen LogP contribution in [0, 0.1) is 0 Å². The maximum Gasteiger partial charge on any atom is 0.200 e. The molecule has 0 heterocycles. The van der Waals surface area contributed by atoms with Crippen molar-refractivity contribution >= 4 is 14.1 Å². The van der Waals surface area contributed by atoms with E-state index in [2.05, 4.69) is 47.6 Å². The van der Waals surface area contributed by atoms with Gasteiger partial charge in [0.15, 0.2) is 14.1 Å². The Morgan fingerprint density at radius 2 is 1.70 bits per heavy atom. The van der Waals surface area contributed by atoms with Gasteiger partial charge in [0, 0.05) is 6.61 Å². The van der Waals surface area contributed by atoms with Crippen LogP contribution in [0.15, 0.2) is 23.8 Å². The first-order chi connectivity index (χ1) is 9.32. The quantitative estimate of drug-likeness (QED) is 0.374. The summed E-state index contributed by atoms with van der Waals surface area (Å²) in [5, 5.41) is 0. The highest BCUT2D eigenvalue weighted by Crippen LogP contribution is 2.42. The fourth-order valence-corrected chi connectivity index (χ4v) is 9.12. The topological polar surface area (TPSA) is 26.3 Å². The predicted molar refractivity (Wildman–Crippen MR) is 88.5 cm³/mol. The highest BCUT2D eigenvalue weighted by molar-refractivity contribution is 6.77. The summed E-state index contributed by atoms with van der Waals surface area (Å²) in [6.07, 6.45) is 7.30. The van der Waals surface area contributed by atoms with Gasteiger partial charge in [-0.05, 0) is 41.1 Å². The minimum atomic E-state index is -1.75. The molecular weight excluding hydrogens is 264 g/mol. The molecule has 0 aromatic rings. The summed E-state index contributed by atoms with van der Waals surface area (Å²) in [6, 6.07) is 0. The van der Waals surface area contributed by atoms with Gasteiger partial charge >= 0.3 is 0 Å². The van der Waals surface area contributed by atoms with Gasteiger partial charge in [-0.3, -0.25) is 4.79 Å². The highest BCUT2D eigenvalue weighted by atomic mass is 28.4. The summed E-state index contributed by atoms with van der Waals surface area (Å²) < 4.78 is 6.47. The van der Waals surface area contributed by atoms with E-state index in [1.54, 1.807) is 6.08 Å². The molecule has 0 fully saturated rings. The SMILES string of the molecule is CC(C)[Si](OCC/C=C1\CC=CC1=O)(C(C)C)C(C)C. The first-order valence-electron chi connectivity index (χ1n) is 7.86. The normalized spacial score (nSPS) is 18.2. The van der Waals surface area contributed by atoms with Crippen molar-refractivity contribution in [3.05, 3.63) is 23.8 Å². The van der Waals surface area contributed by atoms with Crippen molar-refractivity contribution in [3.8, 4) is 0 Å². The molecule has 0 unspecified atom stereocenters. The van der Waals surface area contributed by atoms with Crippen LogP contribution >= 0.6 is 0 Å². The van der Waals surface area contributed by atoms with Gasteiger partial charge in [-0.15, -0.1) is 0 Å². The van der Waals surface area contributed by atoms with Gasteiger partial charge in [0.1, 0.15) is 0 Å². The fraction of sp³-hybridized carbons (Fsp3) is 0.706. The molecule has 0 N–H and O–H groups in total. The molecule has 0 amide bonds. The molecule has 0 aromatic carbocycles. The molecule has 0 saturated heterocycles. The summed E-state index contributed by atoms with van der Waals surface area (Å²) >= 11 is 0. The molecular formula is C17H30O2Si. The van der Waals surface area contributed by atoms with E-state index >= 15 is 0 Å². The number of allylic oxidation sites excluding steroid dienone is 3. The third kappa shape index (κ3) is 3.70. The van der Waals surface area contributed by atoms with E-state index in [9.17, 15) is 4.79 Å². The number of hydrogen-bond donors (Lipinski definition) is 0. The van der Waals surface area contributed by atoms with Gasteiger partial charge < -0.3 is 4.43 Å². The Hall–Kier alpha value is -0.673. The molecule has 20 heavy (non-hydrogen) atoms. The second kappa shape index (κ2) is 7.37. The first kappa shape index (κ1) is 17.4. The van der Waals surface area contributed by atoms with E-state index in [0.717, 1.165) is 25.0 Å². The highest BCUT2D eigenvalue weighted by Gasteiger charge is 2.44. The number of rotatable bonds is 7. The molecule has 0 saturated carbocycles. The fourth-order valence-electron chi connectivity index (χ4n) is 3.65. The van der Waals surface area contributed by atoms with Crippen molar-refractivity contribution < 1.29 is 9.22 Å². The molecule has 114 valence electrons. The summed E-state index contributed by atoms with van der Waals surface area (Å²) in [4.78, 5) is 11.5. The molecule has 0 atom stereocenters. The van der Waals surface area contributed by atoms with Crippen LogP contribution in [0.25, 0.3) is 0 Å². The molecule has 0 bridgehead atoms. The molecule has 0 aliphatic heterocycles. The molecule has 0 radical (unpaired) electrons. The number of carbonyl (C=O) groups is 1. The van der Waals surface area contributed by atoms with Gasteiger partial charge in [0.2, 0.25) is 0 Å². The molecule has 1 aliphatic rings. The molecule has 1 rings (SSSR count). The molecule has 1 aliphatic carbocycles. The van der Waals surface area contributed by atoms with E-state index in [-0.39, 0.29) is 5.78 Å². The van der Waals surface area contributed by atoms with Gasteiger partial charge in [0.05, 0.1) is 0 Å². The molecule has 0 spiro atoms. The zero-order valence-corrected chi connectivity index (χ0v) is 14.9. The lowest BCUT2D eigenvalue weighted by Gasteiger charge is -2.42. The van der Waals surface area contributed by atoms with Crippen LogP contribution in [0.1, 0.15) is 54.4 Å². The lowest BCUT2D eigenvalue weighted by molar-refractivity contribution is -0.111. The lowest BCUT2D eigenvalue weighted by atomic mass is 10.1. The van der Waals surface area contributed by atoms with Crippen molar-refractivity contribution in [2.45, 2.75) is 71.0 Å². The van der Waals surface area contributed by atoms with Crippen LogP contribution in [-0.2, 0) is 9.22 Å². The summed E-state index contributed by atoms with van der Waals surface area (Å²) in [5.41, 5.74) is 2.78. The molecule has 0 aromatic heterocycles. The summed E-state index contributed by atoms with van der Waals surface area (Å²) in [7, 11) is -1.75. The average molecular weight is 295 g/mol. The van der Waals surface area contributed by atoms with Crippen molar-refractivity contribution in [3.63, 3.8) is 0 Å². The Labute approximate surface area is 125 Å². The van der Waals surface area contributed by atoms with Gasteiger partial charge in [-0.2, -0.15) is 0 Å². The van der Waals surface area contributed by atoms with E-state index in [1.807, 2.05) is 6.08 Å². The maximum absolute atomic E-state index is 11.5. The minimum absolute atomic E-state index is 0.171. The van der Waals surface area contributed by atoms with E-state index in [1.165, 1.54) is 0 Å². The Kier molecular flexibility index (Phi) is 6.40. The van der Waals surface area contributed by atoms with E-state index in [0.29, 0.717) is 16.6 Å². The number of ketones is 1. The first-order valence-corrected chi connectivity index (χ1v) is 10.00. The van der Waals surface area contributed by atoms with Crippen molar-refractivity contribution in [2.24, 2.45) is 0 Å². The summed E-state index contributed by atoms with van der Waals surface area (Å²) in [6.45, 7) is 14.6. The van der Waals surface area contributed by atoms with Gasteiger partial charge in [0.25, 0.3) is 0 Å². The van der Waals surface area contributed by atoms with E-state index in [4.69, 9.17) is 4.43 Å². The third-order valence-electron chi connectivity index (χ3n) is 4.49. The van der Waals surface area contributed by atoms with Crippen LogP contribution in [-0.4, -0.2) is 20.7 Å². The van der Waals surface area contributed by atoms with Gasteiger partial charge in [-0.25, -0.2) is 0 Å². The zero-order chi connectivity index (χ0) is 15.3. The Morgan fingerprint density at radius 1 is 1.15 bits per heavy atom. The number of carbonyl (C=O) groups excluding carboxylic acids is 1.